The fraction of sp³-hybridized carbons (Fsp3) is 0.412. The Kier molecular flexibility index (Phi) is 10.5. The van der Waals surface area contributed by atoms with Crippen LogP contribution in [0.25, 0.3) is 0 Å². The van der Waals surface area contributed by atoms with Gasteiger partial charge in [-0.25, -0.2) is 14.6 Å². The highest BCUT2D eigenvalue weighted by Crippen LogP contribution is 2.23. The number of benzene rings is 2. The lowest BCUT2D eigenvalue weighted by atomic mass is 9.98. The van der Waals surface area contributed by atoms with Crippen molar-refractivity contribution in [1.82, 2.24) is 14.8 Å². The lowest BCUT2D eigenvalue weighted by molar-refractivity contribution is 0.0696. The highest BCUT2D eigenvalue weighted by Gasteiger charge is 2.25. The van der Waals surface area contributed by atoms with E-state index in [1.54, 1.807) is 29.2 Å². The molecule has 2 aromatic carbocycles. The number of piperidine rings is 2. The third kappa shape index (κ3) is 8.35. The van der Waals surface area contributed by atoms with Gasteiger partial charge in [0.15, 0.2) is 0 Å². The minimum Gasteiger partial charge on any atom is -0.493 e. The third-order valence-corrected chi connectivity index (χ3v) is 8.47. The number of carboxylic acid groups (broad SMARTS) is 1. The molecule has 2 aliphatic heterocycles. The predicted octanol–water partition coefficient (Wildman–Crippen LogP) is 6.09. The van der Waals surface area contributed by atoms with Crippen LogP contribution in [0.3, 0.4) is 0 Å². The molecule has 232 valence electrons. The molecular weight excluding hydrogens is 560 g/mol. The number of carbonyl (C=O) groups excluding carboxylic acids is 2. The van der Waals surface area contributed by atoms with E-state index in [4.69, 9.17) is 14.6 Å². The summed E-state index contributed by atoms with van der Waals surface area (Å²) in [4.78, 5) is 44.9. The molecule has 0 aliphatic carbocycles. The Bertz CT molecular complexity index is 1400. The van der Waals surface area contributed by atoms with Crippen molar-refractivity contribution < 1.29 is 29.0 Å². The number of anilines is 1. The maximum absolute atomic E-state index is 12.8. The van der Waals surface area contributed by atoms with Crippen LogP contribution in [0.4, 0.5) is 10.5 Å². The minimum atomic E-state index is -0.974. The summed E-state index contributed by atoms with van der Waals surface area (Å²) in [7, 11) is 0. The Morgan fingerprint density at radius 2 is 1.64 bits per heavy atom. The second-order valence-electron chi connectivity index (χ2n) is 11.5. The molecular formula is C34H40N4O6. The molecule has 0 radical (unpaired) electrons. The van der Waals surface area contributed by atoms with Crippen LogP contribution in [-0.2, 0) is 6.54 Å². The van der Waals surface area contributed by atoms with Crippen LogP contribution < -0.4 is 14.8 Å². The van der Waals surface area contributed by atoms with E-state index in [1.165, 1.54) is 43.2 Å². The largest absolute Gasteiger partial charge is 0.493 e. The Labute approximate surface area is 258 Å². The van der Waals surface area contributed by atoms with Crippen LogP contribution in [0.5, 0.6) is 11.6 Å². The standard InChI is InChI=1S/C34H40N4O6/c1-2-29-5-3-4-18-38(29)22-24-6-8-26(9-7-24)32(39)36-28-12-15-31(35-21-28)44-34(42)37-19-16-25(17-20-37)23-43-30-13-10-27(11-14-30)33(40)41/h6-15,21,25,29H,2-5,16-20,22-23H2,1H3,(H,36,39)(H,40,41). The molecule has 0 saturated carbocycles. The van der Waals surface area contributed by atoms with Crippen LogP contribution in [0, 0.1) is 5.92 Å². The van der Waals surface area contributed by atoms with Gasteiger partial charge in [-0.2, -0.15) is 0 Å². The molecule has 2 saturated heterocycles. The van der Waals surface area contributed by atoms with Crippen molar-refractivity contribution >= 4 is 23.7 Å². The van der Waals surface area contributed by atoms with Gasteiger partial charge < -0.3 is 24.8 Å². The van der Waals surface area contributed by atoms with Gasteiger partial charge in [0.25, 0.3) is 5.91 Å². The molecule has 3 heterocycles. The summed E-state index contributed by atoms with van der Waals surface area (Å²) in [6, 6.07) is 17.9. The van der Waals surface area contributed by atoms with Crippen molar-refractivity contribution in [2.75, 3.05) is 31.6 Å². The highest BCUT2D eigenvalue weighted by atomic mass is 16.6. The predicted molar refractivity (Wildman–Crippen MR) is 166 cm³/mol. The van der Waals surface area contributed by atoms with Gasteiger partial charge >= 0.3 is 12.1 Å². The number of ether oxygens (including phenoxy) is 2. The van der Waals surface area contributed by atoms with Crippen molar-refractivity contribution in [2.45, 2.75) is 58.0 Å². The number of amides is 2. The van der Waals surface area contributed by atoms with E-state index in [0.717, 1.165) is 32.4 Å². The summed E-state index contributed by atoms with van der Waals surface area (Å²) in [5.41, 5.74) is 2.50. The first-order valence-corrected chi connectivity index (χ1v) is 15.4. The van der Waals surface area contributed by atoms with Gasteiger partial charge in [0.1, 0.15) is 5.75 Å². The topological polar surface area (TPSA) is 121 Å². The van der Waals surface area contributed by atoms with Crippen LogP contribution >= 0.6 is 0 Å². The lowest BCUT2D eigenvalue weighted by Gasteiger charge is -2.35. The summed E-state index contributed by atoms with van der Waals surface area (Å²) < 4.78 is 11.3. The number of carbonyl (C=O) groups is 3. The van der Waals surface area contributed by atoms with E-state index in [2.05, 4.69) is 22.1 Å². The van der Waals surface area contributed by atoms with Gasteiger partial charge in [0.05, 0.1) is 24.1 Å². The quantitative estimate of drug-likeness (QED) is 0.287. The third-order valence-electron chi connectivity index (χ3n) is 8.47. The summed E-state index contributed by atoms with van der Waals surface area (Å²) in [5, 5.41) is 11.9. The van der Waals surface area contributed by atoms with Crippen molar-refractivity contribution in [1.29, 1.82) is 0 Å². The van der Waals surface area contributed by atoms with Crippen LogP contribution in [-0.4, -0.2) is 70.1 Å². The number of nitrogens with one attached hydrogen (secondary N) is 1. The number of hydrogen-bond donors (Lipinski definition) is 2. The van der Waals surface area contributed by atoms with E-state index in [1.807, 2.05) is 24.3 Å². The second kappa shape index (κ2) is 14.8. The van der Waals surface area contributed by atoms with Gasteiger partial charge in [-0.3, -0.25) is 9.69 Å². The van der Waals surface area contributed by atoms with E-state index in [0.29, 0.717) is 42.7 Å². The summed E-state index contributed by atoms with van der Waals surface area (Å²) in [5.74, 6) is -0.141. The normalized spacial score (nSPS) is 17.6. The number of aromatic carboxylic acids is 1. The van der Waals surface area contributed by atoms with Crippen LogP contribution in [0.1, 0.15) is 71.7 Å². The average molecular weight is 601 g/mol. The zero-order valence-corrected chi connectivity index (χ0v) is 25.1. The maximum atomic E-state index is 12.8. The summed E-state index contributed by atoms with van der Waals surface area (Å²) >= 11 is 0. The Balaban J connectivity index is 1.03. The molecule has 3 aromatic rings. The molecule has 0 spiro atoms. The molecule has 0 bridgehead atoms. The van der Waals surface area contributed by atoms with Gasteiger partial charge in [-0.15, -0.1) is 0 Å². The second-order valence-corrected chi connectivity index (χ2v) is 11.5. The molecule has 2 aliphatic rings. The number of likely N-dealkylation sites (tertiary alicyclic amines) is 2. The SMILES string of the molecule is CCC1CCCCN1Cc1ccc(C(=O)Nc2ccc(OC(=O)N3CCC(COc4ccc(C(=O)O)cc4)CC3)nc2)cc1. The summed E-state index contributed by atoms with van der Waals surface area (Å²) in [6.07, 6.45) is 7.51. The molecule has 10 heteroatoms. The van der Waals surface area contributed by atoms with E-state index >= 15 is 0 Å². The van der Waals surface area contributed by atoms with Gasteiger partial charge in [0, 0.05) is 37.3 Å². The van der Waals surface area contributed by atoms with E-state index in [-0.39, 0.29) is 23.3 Å². The number of aromatic nitrogens is 1. The molecule has 1 atom stereocenters. The Morgan fingerprint density at radius 3 is 2.30 bits per heavy atom. The lowest BCUT2D eigenvalue weighted by Crippen LogP contribution is -2.41. The van der Waals surface area contributed by atoms with Gasteiger partial charge in [0.2, 0.25) is 5.88 Å². The Morgan fingerprint density at radius 1 is 0.909 bits per heavy atom. The molecule has 2 N–H and O–H groups in total. The minimum absolute atomic E-state index is 0.163. The van der Waals surface area contributed by atoms with Crippen molar-refractivity contribution in [3.63, 3.8) is 0 Å². The number of carboxylic acids is 1. The number of pyridine rings is 1. The van der Waals surface area contributed by atoms with Crippen molar-refractivity contribution in [3.05, 3.63) is 83.6 Å². The number of rotatable bonds is 10. The van der Waals surface area contributed by atoms with Crippen LogP contribution in [0.2, 0.25) is 0 Å². The molecule has 5 rings (SSSR count). The van der Waals surface area contributed by atoms with E-state index < -0.39 is 12.1 Å². The molecule has 1 aromatic heterocycles. The van der Waals surface area contributed by atoms with E-state index in [9.17, 15) is 14.4 Å². The van der Waals surface area contributed by atoms with Crippen molar-refractivity contribution in [2.24, 2.45) is 5.92 Å². The first kappa shape index (κ1) is 31.0. The average Bonchev–Trinajstić information content (AvgIpc) is 3.05. The molecule has 1 unspecified atom stereocenters. The zero-order chi connectivity index (χ0) is 30.9. The Hall–Kier alpha value is -4.44. The van der Waals surface area contributed by atoms with Crippen molar-refractivity contribution in [3.8, 4) is 11.6 Å². The smallest absolute Gasteiger partial charge is 0.416 e. The monoisotopic (exact) mass is 600 g/mol. The number of nitrogens with zero attached hydrogens (tertiary/aromatic N) is 3. The maximum Gasteiger partial charge on any atom is 0.416 e. The fourth-order valence-electron chi connectivity index (χ4n) is 5.79. The van der Waals surface area contributed by atoms with Gasteiger partial charge in [-0.1, -0.05) is 25.5 Å². The van der Waals surface area contributed by atoms with Gasteiger partial charge in [-0.05, 0) is 92.6 Å². The molecule has 44 heavy (non-hydrogen) atoms. The fourth-order valence-corrected chi connectivity index (χ4v) is 5.79. The molecule has 10 nitrogen and oxygen atoms in total. The summed E-state index contributed by atoms with van der Waals surface area (Å²) in [6.45, 7) is 5.85. The van der Waals surface area contributed by atoms with Crippen LogP contribution in [0.15, 0.2) is 66.9 Å². The zero-order valence-electron chi connectivity index (χ0n) is 25.1. The first-order valence-electron chi connectivity index (χ1n) is 15.4. The molecule has 2 amide bonds. The first-order chi connectivity index (χ1) is 21.4. The highest BCUT2D eigenvalue weighted by molar-refractivity contribution is 6.04. The number of hydrogen-bond acceptors (Lipinski definition) is 7. The molecule has 2 fully saturated rings.